The lowest BCUT2D eigenvalue weighted by Gasteiger charge is -2.43. The second-order valence-electron chi connectivity index (χ2n) is 8.53. The minimum absolute atomic E-state index is 0.116. The topological polar surface area (TPSA) is 62.5 Å². The molecule has 164 valence electrons. The number of rotatable bonds is 8. The first-order valence-electron chi connectivity index (χ1n) is 11.5. The number of unbranched alkanes of at least 4 members (excludes halogenated alkanes) is 3. The predicted molar refractivity (Wildman–Crippen MR) is 123 cm³/mol. The molecule has 6 heteroatoms. The highest BCUT2D eigenvalue weighted by atomic mass is 16.4. The lowest BCUT2D eigenvalue weighted by Crippen LogP contribution is -2.57. The highest BCUT2D eigenvalue weighted by Gasteiger charge is 2.35. The molecule has 31 heavy (non-hydrogen) atoms. The summed E-state index contributed by atoms with van der Waals surface area (Å²) in [5.41, 5.74) is 2.08. The van der Waals surface area contributed by atoms with Gasteiger partial charge in [0.1, 0.15) is 0 Å². The zero-order valence-electron chi connectivity index (χ0n) is 18.5. The lowest BCUT2D eigenvalue weighted by molar-refractivity contribution is 0.0575. The van der Waals surface area contributed by atoms with E-state index in [0.29, 0.717) is 36.3 Å². The normalized spacial score (nSPS) is 17.8. The maximum absolute atomic E-state index is 13.3. The van der Waals surface area contributed by atoms with Gasteiger partial charge in [0.15, 0.2) is 5.58 Å². The zero-order chi connectivity index (χ0) is 21.6. The quantitative estimate of drug-likeness (QED) is 0.471. The van der Waals surface area contributed by atoms with Crippen molar-refractivity contribution in [1.82, 2.24) is 14.9 Å². The molecule has 1 aromatic carbocycles. The Balaban J connectivity index is 1.53. The maximum Gasteiger partial charge on any atom is 0.300 e. The van der Waals surface area contributed by atoms with E-state index < -0.39 is 0 Å². The maximum atomic E-state index is 13.3. The summed E-state index contributed by atoms with van der Waals surface area (Å²) >= 11 is 0. The van der Waals surface area contributed by atoms with E-state index in [1.807, 2.05) is 42.5 Å². The minimum atomic E-state index is 0.116. The van der Waals surface area contributed by atoms with Crippen LogP contribution in [0.5, 0.6) is 0 Å². The Hall–Kier alpha value is -2.89. The van der Waals surface area contributed by atoms with Crippen LogP contribution >= 0.6 is 0 Å². The van der Waals surface area contributed by atoms with Crippen LogP contribution < -0.4 is 4.90 Å². The molecule has 0 spiro atoms. The van der Waals surface area contributed by atoms with Gasteiger partial charge in [-0.05, 0) is 36.6 Å². The van der Waals surface area contributed by atoms with Crippen molar-refractivity contribution >= 4 is 23.2 Å². The van der Waals surface area contributed by atoms with Gasteiger partial charge >= 0.3 is 0 Å². The number of carbonyl (C=O) groups excluding carboxylic acids is 1. The van der Waals surface area contributed by atoms with Crippen molar-refractivity contribution in [3.8, 4) is 0 Å². The molecule has 1 aliphatic rings. The number of hydrogen-bond acceptors (Lipinski definition) is 5. The van der Waals surface area contributed by atoms with Crippen molar-refractivity contribution in [2.45, 2.75) is 52.0 Å². The predicted octanol–water partition coefficient (Wildman–Crippen LogP) is 5.16. The number of nitrogens with zero attached hydrogens (tertiary/aromatic N) is 4. The van der Waals surface area contributed by atoms with Crippen LogP contribution in [0.4, 0.5) is 6.01 Å². The molecule has 6 nitrogen and oxygen atoms in total. The number of benzene rings is 1. The molecular weight excluding hydrogens is 388 g/mol. The molecule has 0 N–H and O–H groups in total. The molecule has 2 unspecified atom stereocenters. The highest BCUT2D eigenvalue weighted by Crippen LogP contribution is 2.28. The van der Waals surface area contributed by atoms with Gasteiger partial charge in [-0.1, -0.05) is 57.7 Å². The minimum Gasteiger partial charge on any atom is -0.422 e. The van der Waals surface area contributed by atoms with E-state index in [1.54, 1.807) is 6.20 Å². The van der Waals surface area contributed by atoms with E-state index in [2.05, 4.69) is 33.6 Å². The van der Waals surface area contributed by atoms with Crippen molar-refractivity contribution in [2.75, 3.05) is 24.5 Å². The first-order chi connectivity index (χ1) is 15.2. The number of anilines is 1. The molecule has 4 rings (SSSR count). The Labute approximate surface area is 184 Å². The lowest BCUT2D eigenvalue weighted by atomic mass is 9.91. The van der Waals surface area contributed by atoms with Crippen LogP contribution in [0, 0.1) is 5.92 Å². The monoisotopic (exact) mass is 420 g/mol. The van der Waals surface area contributed by atoms with Gasteiger partial charge in [-0.2, -0.15) is 4.98 Å². The van der Waals surface area contributed by atoms with Crippen LogP contribution in [0.3, 0.4) is 0 Å². The molecule has 3 heterocycles. The summed E-state index contributed by atoms with van der Waals surface area (Å²) in [5, 5.41) is 0. The summed E-state index contributed by atoms with van der Waals surface area (Å²) in [6.07, 6.45) is 7.80. The number of pyridine rings is 1. The SMILES string of the molecule is CCCCCCC(C)C1CN(c2nc3ncccc3o2)CCN1C(=O)c1ccccc1. The molecule has 1 fully saturated rings. The molecule has 0 radical (unpaired) electrons. The van der Waals surface area contributed by atoms with Crippen LogP contribution in [0.25, 0.3) is 11.2 Å². The van der Waals surface area contributed by atoms with E-state index >= 15 is 0 Å². The number of aromatic nitrogens is 2. The fourth-order valence-electron chi connectivity index (χ4n) is 4.45. The number of oxazole rings is 1. The summed E-state index contributed by atoms with van der Waals surface area (Å²) < 4.78 is 5.98. The fourth-order valence-corrected chi connectivity index (χ4v) is 4.45. The molecular formula is C25H32N4O2. The number of carbonyl (C=O) groups is 1. The molecule has 3 aromatic rings. The number of fused-ring (bicyclic) bond motifs is 1. The molecule has 0 saturated carbocycles. The first kappa shape index (κ1) is 21.3. The Bertz CT molecular complexity index is 954. The number of piperazine rings is 1. The Morgan fingerprint density at radius 3 is 2.74 bits per heavy atom. The van der Waals surface area contributed by atoms with Gasteiger partial charge in [-0.15, -0.1) is 0 Å². The van der Waals surface area contributed by atoms with E-state index in [-0.39, 0.29) is 11.9 Å². The van der Waals surface area contributed by atoms with Crippen molar-refractivity contribution in [3.63, 3.8) is 0 Å². The van der Waals surface area contributed by atoms with E-state index in [4.69, 9.17) is 4.42 Å². The fraction of sp³-hybridized carbons (Fsp3) is 0.480. The summed E-state index contributed by atoms with van der Waals surface area (Å²) in [4.78, 5) is 26.5. The first-order valence-corrected chi connectivity index (χ1v) is 11.5. The third kappa shape index (κ3) is 4.89. The van der Waals surface area contributed by atoms with Crippen LogP contribution in [0.15, 0.2) is 53.1 Å². The van der Waals surface area contributed by atoms with Gasteiger partial charge in [0.25, 0.3) is 11.9 Å². The van der Waals surface area contributed by atoms with Crippen molar-refractivity contribution in [2.24, 2.45) is 5.92 Å². The largest absolute Gasteiger partial charge is 0.422 e. The van der Waals surface area contributed by atoms with Crippen LogP contribution in [-0.2, 0) is 0 Å². The van der Waals surface area contributed by atoms with Crippen LogP contribution in [0.2, 0.25) is 0 Å². The molecule has 0 aliphatic carbocycles. The van der Waals surface area contributed by atoms with Crippen LogP contribution in [-0.4, -0.2) is 46.5 Å². The van der Waals surface area contributed by atoms with E-state index in [0.717, 1.165) is 18.5 Å². The number of amides is 1. The van der Waals surface area contributed by atoms with Gasteiger partial charge in [0, 0.05) is 31.4 Å². The molecule has 1 amide bonds. The Morgan fingerprint density at radius 2 is 1.97 bits per heavy atom. The second-order valence-corrected chi connectivity index (χ2v) is 8.53. The summed E-state index contributed by atoms with van der Waals surface area (Å²) in [7, 11) is 0. The van der Waals surface area contributed by atoms with Crippen molar-refractivity contribution in [1.29, 1.82) is 0 Å². The third-order valence-electron chi connectivity index (χ3n) is 6.29. The molecule has 1 aliphatic heterocycles. The standard InChI is InChI=1S/C25H32N4O2/c1-3-4-5-7-11-19(2)21-18-28(25-27-23-22(31-25)14-10-15-26-23)16-17-29(21)24(30)20-12-8-6-9-13-20/h6,8-10,12-15,19,21H,3-5,7,11,16-18H2,1-2H3. The van der Waals surface area contributed by atoms with E-state index in [9.17, 15) is 4.79 Å². The average Bonchev–Trinajstić information content (AvgIpc) is 3.26. The smallest absolute Gasteiger partial charge is 0.300 e. The van der Waals surface area contributed by atoms with Gasteiger partial charge in [-0.25, -0.2) is 4.98 Å². The highest BCUT2D eigenvalue weighted by molar-refractivity contribution is 5.94. The van der Waals surface area contributed by atoms with Crippen molar-refractivity contribution in [3.05, 3.63) is 54.2 Å². The molecule has 2 aromatic heterocycles. The van der Waals surface area contributed by atoms with Crippen LogP contribution in [0.1, 0.15) is 56.3 Å². The zero-order valence-corrected chi connectivity index (χ0v) is 18.5. The van der Waals surface area contributed by atoms with Crippen molar-refractivity contribution < 1.29 is 9.21 Å². The average molecular weight is 421 g/mol. The molecule has 0 bridgehead atoms. The summed E-state index contributed by atoms with van der Waals surface area (Å²) in [5.74, 6) is 0.514. The Kier molecular flexibility index (Phi) is 6.85. The van der Waals surface area contributed by atoms with Gasteiger partial charge in [0.2, 0.25) is 5.65 Å². The molecule has 1 saturated heterocycles. The summed E-state index contributed by atoms with van der Waals surface area (Å²) in [6, 6.07) is 14.1. The third-order valence-corrected chi connectivity index (χ3v) is 6.29. The second kappa shape index (κ2) is 9.94. The van der Waals surface area contributed by atoms with Gasteiger partial charge in [-0.3, -0.25) is 4.79 Å². The number of hydrogen-bond donors (Lipinski definition) is 0. The Morgan fingerprint density at radius 1 is 1.13 bits per heavy atom. The van der Waals surface area contributed by atoms with E-state index in [1.165, 1.54) is 25.7 Å². The summed E-state index contributed by atoms with van der Waals surface area (Å²) in [6.45, 7) is 6.59. The van der Waals surface area contributed by atoms with Gasteiger partial charge < -0.3 is 14.2 Å². The van der Waals surface area contributed by atoms with Gasteiger partial charge in [0.05, 0.1) is 6.04 Å². The molecule has 2 atom stereocenters.